The van der Waals surface area contributed by atoms with Gasteiger partial charge in [-0.05, 0) is 32.8 Å². The smallest absolute Gasteiger partial charge is 0.317 e. The van der Waals surface area contributed by atoms with Gasteiger partial charge in [-0.3, -0.25) is 4.98 Å². The summed E-state index contributed by atoms with van der Waals surface area (Å²) >= 11 is 1.50. The van der Waals surface area contributed by atoms with E-state index in [1.165, 1.54) is 24.2 Å². The van der Waals surface area contributed by atoms with E-state index in [2.05, 4.69) is 63.2 Å². The molecule has 32 heavy (non-hydrogen) atoms. The van der Waals surface area contributed by atoms with Crippen molar-refractivity contribution < 1.29 is 4.74 Å². The molecule has 0 aliphatic carbocycles. The average Bonchev–Trinajstić information content (AvgIpc) is 3.21. The van der Waals surface area contributed by atoms with Gasteiger partial charge in [-0.15, -0.1) is 0 Å². The van der Waals surface area contributed by atoms with E-state index in [0.717, 1.165) is 39.9 Å². The van der Waals surface area contributed by atoms with Crippen LogP contribution in [0, 0.1) is 6.92 Å². The van der Waals surface area contributed by atoms with Crippen molar-refractivity contribution in [2.75, 3.05) is 5.32 Å². The first-order valence-electron chi connectivity index (χ1n) is 11.2. The minimum absolute atomic E-state index is 0.0900. The molecule has 3 aromatic rings. The molecule has 0 radical (unpaired) electrons. The van der Waals surface area contributed by atoms with Crippen LogP contribution in [-0.2, 0) is 6.54 Å². The third-order valence-corrected chi connectivity index (χ3v) is 5.68. The molecule has 0 aliphatic heterocycles. The number of ether oxygens (including phenoxy) is 1. The molecule has 0 fully saturated rings. The first-order chi connectivity index (χ1) is 15.4. The third-order valence-electron chi connectivity index (χ3n) is 4.74. The van der Waals surface area contributed by atoms with Crippen molar-refractivity contribution in [2.24, 2.45) is 0 Å². The fraction of sp³-hybridized carbons (Fsp3) is 0.522. The van der Waals surface area contributed by atoms with Crippen LogP contribution in [0.3, 0.4) is 0 Å². The Bertz CT molecular complexity index is 975. The minimum atomic E-state index is 0.0900. The van der Waals surface area contributed by atoms with Crippen molar-refractivity contribution in [1.82, 2.24) is 30.2 Å². The molecule has 0 bridgehead atoms. The molecule has 0 aliphatic rings. The van der Waals surface area contributed by atoms with Gasteiger partial charge in [0.25, 0.3) is 0 Å². The van der Waals surface area contributed by atoms with Crippen LogP contribution in [-0.4, -0.2) is 37.1 Å². The molecule has 0 aromatic carbocycles. The highest BCUT2D eigenvalue weighted by molar-refractivity contribution is 7.18. The molecule has 2 N–H and O–H groups in total. The number of nitrogens with zero attached hydrogens (tertiary/aromatic N) is 5. The van der Waals surface area contributed by atoms with E-state index in [1.54, 1.807) is 18.6 Å². The van der Waals surface area contributed by atoms with Gasteiger partial charge in [0.15, 0.2) is 10.9 Å². The molecule has 9 heteroatoms. The van der Waals surface area contributed by atoms with E-state index in [1.807, 2.05) is 13.0 Å². The second kappa shape index (κ2) is 11.8. The van der Waals surface area contributed by atoms with Gasteiger partial charge >= 0.3 is 6.01 Å². The lowest BCUT2D eigenvalue weighted by molar-refractivity contribution is 0.189. The normalized spacial score (nSPS) is 12.2. The van der Waals surface area contributed by atoms with Crippen LogP contribution >= 0.6 is 11.3 Å². The van der Waals surface area contributed by atoms with Gasteiger partial charge in [0.2, 0.25) is 0 Å². The Morgan fingerprint density at radius 2 is 1.88 bits per heavy atom. The van der Waals surface area contributed by atoms with Crippen LogP contribution in [0.4, 0.5) is 10.9 Å². The van der Waals surface area contributed by atoms with E-state index in [4.69, 9.17) is 4.74 Å². The van der Waals surface area contributed by atoms with Crippen LogP contribution in [0.25, 0.3) is 10.6 Å². The molecule has 8 nitrogen and oxygen atoms in total. The molecular formula is C23H33N7OS. The average molecular weight is 456 g/mol. The number of anilines is 2. The Hall–Kier alpha value is -2.65. The van der Waals surface area contributed by atoms with Gasteiger partial charge < -0.3 is 15.4 Å². The van der Waals surface area contributed by atoms with Gasteiger partial charge in [0.05, 0.1) is 34.8 Å². The summed E-state index contributed by atoms with van der Waals surface area (Å²) in [6.07, 6.45) is 9.95. The highest BCUT2D eigenvalue weighted by Crippen LogP contribution is 2.30. The summed E-state index contributed by atoms with van der Waals surface area (Å²) < 4.78 is 5.98. The molecule has 3 aromatic heterocycles. The van der Waals surface area contributed by atoms with Gasteiger partial charge in [-0.1, -0.05) is 44.9 Å². The second-order valence-electron chi connectivity index (χ2n) is 8.18. The zero-order valence-electron chi connectivity index (χ0n) is 19.6. The summed E-state index contributed by atoms with van der Waals surface area (Å²) in [6.45, 7) is 11.1. The molecule has 0 amide bonds. The minimum Gasteiger partial charge on any atom is -0.460 e. The van der Waals surface area contributed by atoms with E-state index >= 15 is 0 Å². The van der Waals surface area contributed by atoms with Crippen molar-refractivity contribution in [3.05, 3.63) is 36.0 Å². The SMILES string of the molecule is CCCCCC(C)Oc1nc(C)cc(-c2cnc(Nc3cnc(CNC(C)C)cn3)s2)n1. The Labute approximate surface area is 194 Å². The van der Waals surface area contributed by atoms with E-state index < -0.39 is 0 Å². The van der Waals surface area contributed by atoms with Crippen molar-refractivity contribution in [2.45, 2.75) is 79.0 Å². The summed E-state index contributed by atoms with van der Waals surface area (Å²) in [4.78, 5) is 23.3. The van der Waals surface area contributed by atoms with E-state index in [9.17, 15) is 0 Å². The second-order valence-corrected chi connectivity index (χ2v) is 9.22. The molecule has 0 spiro atoms. The Morgan fingerprint density at radius 3 is 2.59 bits per heavy atom. The van der Waals surface area contributed by atoms with Crippen molar-refractivity contribution in [1.29, 1.82) is 0 Å². The van der Waals surface area contributed by atoms with Gasteiger partial charge in [0.1, 0.15) is 0 Å². The maximum atomic E-state index is 5.98. The summed E-state index contributed by atoms with van der Waals surface area (Å²) in [6, 6.07) is 2.77. The summed E-state index contributed by atoms with van der Waals surface area (Å²) in [5.74, 6) is 0.656. The maximum Gasteiger partial charge on any atom is 0.317 e. The Kier molecular flexibility index (Phi) is 8.87. The number of nitrogens with one attached hydrogen (secondary N) is 2. The van der Waals surface area contributed by atoms with Gasteiger partial charge in [-0.25, -0.2) is 15.0 Å². The Morgan fingerprint density at radius 1 is 1.03 bits per heavy atom. The van der Waals surface area contributed by atoms with E-state index in [0.29, 0.717) is 24.4 Å². The summed E-state index contributed by atoms with van der Waals surface area (Å²) in [7, 11) is 0. The van der Waals surface area contributed by atoms with Gasteiger partial charge in [0, 0.05) is 24.5 Å². The number of hydrogen-bond acceptors (Lipinski definition) is 9. The fourth-order valence-electron chi connectivity index (χ4n) is 3.02. The van der Waals surface area contributed by atoms with Gasteiger partial charge in [-0.2, -0.15) is 4.98 Å². The van der Waals surface area contributed by atoms with Crippen LogP contribution in [0.2, 0.25) is 0 Å². The molecule has 0 saturated carbocycles. The molecule has 3 rings (SSSR count). The van der Waals surface area contributed by atoms with Crippen molar-refractivity contribution in [3.8, 4) is 16.6 Å². The third kappa shape index (κ3) is 7.49. The number of aromatic nitrogens is 5. The first-order valence-corrected chi connectivity index (χ1v) is 12.0. The molecule has 0 saturated heterocycles. The van der Waals surface area contributed by atoms with Crippen molar-refractivity contribution >= 4 is 22.3 Å². The topological polar surface area (TPSA) is 97.7 Å². The quantitative estimate of drug-likeness (QED) is 0.356. The molecule has 1 atom stereocenters. The highest BCUT2D eigenvalue weighted by Gasteiger charge is 2.12. The maximum absolute atomic E-state index is 5.98. The highest BCUT2D eigenvalue weighted by atomic mass is 32.1. The standard InChI is InChI=1S/C23H33N7OS/c1-6-7-8-9-17(5)31-22-28-16(4)10-19(29-22)20-13-27-23(32-20)30-21-14-25-18(12-26-21)11-24-15(2)3/h10,12-15,17,24H,6-9,11H2,1-5H3,(H,26,27,30). The lowest BCUT2D eigenvalue weighted by atomic mass is 10.1. The van der Waals surface area contributed by atoms with Crippen LogP contribution < -0.4 is 15.4 Å². The lowest BCUT2D eigenvalue weighted by Gasteiger charge is -2.13. The van der Waals surface area contributed by atoms with Crippen LogP contribution in [0.15, 0.2) is 24.7 Å². The first kappa shape index (κ1) is 24.0. The van der Waals surface area contributed by atoms with Crippen LogP contribution in [0.1, 0.15) is 64.8 Å². The van der Waals surface area contributed by atoms with Crippen LogP contribution in [0.5, 0.6) is 6.01 Å². The Balaban J connectivity index is 1.64. The number of aryl methyl sites for hydroxylation is 1. The predicted molar refractivity (Wildman–Crippen MR) is 129 cm³/mol. The fourth-order valence-corrected chi connectivity index (χ4v) is 3.80. The molecular weight excluding hydrogens is 422 g/mol. The lowest BCUT2D eigenvalue weighted by Crippen LogP contribution is -2.22. The number of hydrogen-bond donors (Lipinski definition) is 2. The van der Waals surface area contributed by atoms with E-state index in [-0.39, 0.29) is 6.10 Å². The molecule has 3 heterocycles. The predicted octanol–water partition coefficient (Wildman–Crippen LogP) is 5.29. The number of rotatable bonds is 12. The zero-order chi connectivity index (χ0) is 22.9. The molecule has 172 valence electrons. The van der Waals surface area contributed by atoms with Crippen molar-refractivity contribution in [3.63, 3.8) is 0 Å². The molecule has 1 unspecified atom stereocenters. The summed E-state index contributed by atoms with van der Waals surface area (Å²) in [5.41, 5.74) is 2.57. The monoisotopic (exact) mass is 455 g/mol. The zero-order valence-corrected chi connectivity index (χ0v) is 20.4. The largest absolute Gasteiger partial charge is 0.460 e. The number of unbranched alkanes of at least 4 members (excludes halogenated alkanes) is 2. The number of thiazole rings is 1. The summed E-state index contributed by atoms with van der Waals surface area (Å²) in [5, 5.41) is 7.28.